The van der Waals surface area contributed by atoms with Gasteiger partial charge in [-0.05, 0) is 99.3 Å². The molecule has 35 heavy (non-hydrogen) atoms. The molecule has 1 unspecified atom stereocenters. The van der Waals surface area contributed by atoms with Crippen molar-refractivity contribution in [3.8, 4) is 11.5 Å². The molecule has 1 atom stereocenters. The van der Waals surface area contributed by atoms with E-state index in [9.17, 15) is 19.8 Å². The molecule has 1 aliphatic rings. The number of phenolic OH excluding ortho intramolecular Hbond substituents is 1. The van der Waals surface area contributed by atoms with Crippen LogP contribution in [-0.4, -0.2) is 28.0 Å². The van der Waals surface area contributed by atoms with Crippen molar-refractivity contribution >= 4 is 23.1 Å². The summed E-state index contributed by atoms with van der Waals surface area (Å²) >= 11 is 0. The fraction of sp³-hybridized carbons (Fsp3) is 0.241. The summed E-state index contributed by atoms with van der Waals surface area (Å²) in [6.45, 7) is 9.57. The predicted molar refractivity (Wildman–Crippen MR) is 136 cm³/mol. The van der Waals surface area contributed by atoms with E-state index in [1.54, 1.807) is 30.3 Å². The Labute approximate surface area is 205 Å². The van der Waals surface area contributed by atoms with Gasteiger partial charge in [0, 0.05) is 11.3 Å². The summed E-state index contributed by atoms with van der Waals surface area (Å²) in [5.74, 6) is -0.991. The van der Waals surface area contributed by atoms with Gasteiger partial charge in [0.05, 0.1) is 17.7 Å². The number of aliphatic hydroxyl groups is 1. The summed E-state index contributed by atoms with van der Waals surface area (Å²) in [5, 5.41) is 21.2. The van der Waals surface area contributed by atoms with Crippen LogP contribution in [0.25, 0.3) is 5.76 Å². The minimum absolute atomic E-state index is 0.00298. The number of hydrogen-bond donors (Lipinski definition) is 2. The number of hydrogen-bond acceptors (Lipinski definition) is 5. The Morgan fingerprint density at radius 1 is 0.914 bits per heavy atom. The van der Waals surface area contributed by atoms with Crippen LogP contribution >= 0.6 is 0 Å². The van der Waals surface area contributed by atoms with Crippen LogP contribution in [0.1, 0.15) is 47.7 Å². The van der Waals surface area contributed by atoms with Crippen molar-refractivity contribution in [3.63, 3.8) is 0 Å². The highest BCUT2D eigenvalue weighted by atomic mass is 16.5. The fourth-order valence-corrected chi connectivity index (χ4v) is 4.50. The highest BCUT2D eigenvalue weighted by molar-refractivity contribution is 6.51. The summed E-state index contributed by atoms with van der Waals surface area (Å²) in [6, 6.07) is 16.3. The smallest absolute Gasteiger partial charge is 0.300 e. The maximum atomic E-state index is 13.3. The van der Waals surface area contributed by atoms with Gasteiger partial charge in [-0.15, -0.1) is 0 Å². The standard InChI is InChI=1S/C29H29NO5/c1-16(2)35-24-11-8-21(15-19(24)5)27(32)25-26(20-6-9-23(31)10-7-20)30(29(34)28(25)33)22-13-17(3)12-18(4)14-22/h6-16,26,31-32H,1-5H3/b27-25-. The van der Waals surface area contributed by atoms with Crippen molar-refractivity contribution < 1.29 is 24.5 Å². The van der Waals surface area contributed by atoms with Crippen LogP contribution in [0.2, 0.25) is 0 Å². The number of carbonyl (C=O) groups is 2. The number of ketones is 1. The Kier molecular flexibility index (Phi) is 6.39. The Hall–Kier alpha value is -4.06. The van der Waals surface area contributed by atoms with Crippen LogP contribution in [0.15, 0.2) is 66.2 Å². The number of Topliss-reactive ketones (excluding diaryl/α,β-unsaturated/α-hetero) is 1. The van der Waals surface area contributed by atoms with E-state index in [4.69, 9.17) is 4.74 Å². The molecule has 0 aromatic heterocycles. The Bertz CT molecular complexity index is 1320. The minimum atomic E-state index is -0.858. The average molecular weight is 472 g/mol. The third kappa shape index (κ3) is 4.64. The maximum absolute atomic E-state index is 13.3. The molecular formula is C29H29NO5. The summed E-state index contributed by atoms with van der Waals surface area (Å²) in [4.78, 5) is 28.1. The van der Waals surface area contributed by atoms with Gasteiger partial charge in [-0.3, -0.25) is 14.5 Å². The molecule has 0 saturated carbocycles. The van der Waals surface area contributed by atoms with E-state index in [1.807, 2.05) is 52.8 Å². The van der Waals surface area contributed by atoms with Crippen LogP contribution in [0.4, 0.5) is 5.69 Å². The maximum Gasteiger partial charge on any atom is 0.300 e. The monoisotopic (exact) mass is 471 g/mol. The zero-order chi connectivity index (χ0) is 25.4. The normalized spacial score (nSPS) is 17.3. The third-order valence-electron chi connectivity index (χ3n) is 5.95. The van der Waals surface area contributed by atoms with Crippen molar-refractivity contribution in [2.75, 3.05) is 4.90 Å². The van der Waals surface area contributed by atoms with E-state index >= 15 is 0 Å². The second-order valence-electron chi connectivity index (χ2n) is 9.25. The highest BCUT2D eigenvalue weighted by Gasteiger charge is 2.47. The largest absolute Gasteiger partial charge is 0.508 e. The molecule has 2 N–H and O–H groups in total. The number of phenols is 1. The number of carbonyl (C=O) groups excluding carboxylic acids is 2. The van der Waals surface area contributed by atoms with Gasteiger partial charge in [0.15, 0.2) is 0 Å². The molecule has 0 spiro atoms. The topological polar surface area (TPSA) is 87.1 Å². The average Bonchev–Trinajstić information content (AvgIpc) is 3.05. The van der Waals surface area contributed by atoms with Crippen molar-refractivity contribution in [1.29, 1.82) is 0 Å². The molecule has 6 nitrogen and oxygen atoms in total. The van der Waals surface area contributed by atoms with E-state index < -0.39 is 17.7 Å². The first kappa shape index (κ1) is 24.1. The molecule has 3 aromatic rings. The lowest BCUT2D eigenvalue weighted by atomic mass is 9.94. The van der Waals surface area contributed by atoms with Crippen LogP contribution in [-0.2, 0) is 9.59 Å². The summed E-state index contributed by atoms with van der Waals surface area (Å²) in [5.41, 5.74) is 4.27. The highest BCUT2D eigenvalue weighted by Crippen LogP contribution is 2.43. The van der Waals surface area contributed by atoms with Crippen LogP contribution < -0.4 is 9.64 Å². The Balaban J connectivity index is 1.91. The molecule has 4 rings (SSSR count). The van der Waals surface area contributed by atoms with Crippen molar-refractivity contribution in [2.24, 2.45) is 0 Å². The van der Waals surface area contributed by atoms with Gasteiger partial charge < -0.3 is 14.9 Å². The molecule has 3 aromatic carbocycles. The van der Waals surface area contributed by atoms with Crippen molar-refractivity contribution in [3.05, 3.63) is 94.1 Å². The quantitative estimate of drug-likeness (QED) is 0.282. The SMILES string of the molecule is Cc1cc(C)cc(N2C(=O)C(=O)/C(=C(\O)c3ccc(OC(C)C)c(C)c3)C2c2ccc(O)cc2)c1. The Morgan fingerprint density at radius 2 is 1.54 bits per heavy atom. The third-order valence-corrected chi connectivity index (χ3v) is 5.95. The van der Waals surface area contributed by atoms with Gasteiger partial charge in [-0.2, -0.15) is 0 Å². The molecule has 1 fully saturated rings. The van der Waals surface area contributed by atoms with E-state index in [-0.39, 0.29) is 23.2 Å². The van der Waals surface area contributed by atoms with Gasteiger partial charge in [-0.1, -0.05) is 18.2 Å². The van der Waals surface area contributed by atoms with Gasteiger partial charge in [0.1, 0.15) is 17.3 Å². The van der Waals surface area contributed by atoms with Crippen molar-refractivity contribution in [1.82, 2.24) is 0 Å². The number of anilines is 1. The van der Waals surface area contributed by atoms with Crippen LogP contribution in [0, 0.1) is 20.8 Å². The first-order chi connectivity index (χ1) is 16.6. The first-order valence-electron chi connectivity index (χ1n) is 11.5. The van der Waals surface area contributed by atoms with E-state index in [2.05, 4.69) is 0 Å². The zero-order valence-electron chi connectivity index (χ0n) is 20.5. The lowest BCUT2D eigenvalue weighted by Crippen LogP contribution is -2.29. The summed E-state index contributed by atoms with van der Waals surface area (Å²) in [6.07, 6.45) is -0.00856. The van der Waals surface area contributed by atoms with Crippen LogP contribution in [0.5, 0.6) is 11.5 Å². The number of amides is 1. The van der Waals surface area contributed by atoms with Gasteiger partial charge in [0.25, 0.3) is 11.7 Å². The van der Waals surface area contributed by atoms with Crippen molar-refractivity contribution in [2.45, 2.75) is 46.8 Å². The molecule has 1 heterocycles. The van der Waals surface area contributed by atoms with Crippen LogP contribution in [0.3, 0.4) is 0 Å². The fourth-order valence-electron chi connectivity index (χ4n) is 4.50. The number of aromatic hydroxyl groups is 1. The molecule has 0 bridgehead atoms. The number of aliphatic hydroxyl groups excluding tert-OH is 1. The molecule has 0 radical (unpaired) electrons. The number of nitrogens with zero attached hydrogens (tertiary/aromatic N) is 1. The van der Waals surface area contributed by atoms with E-state index in [1.165, 1.54) is 17.0 Å². The Morgan fingerprint density at radius 3 is 2.11 bits per heavy atom. The molecular weight excluding hydrogens is 442 g/mol. The van der Waals surface area contributed by atoms with E-state index in [0.717, 1.165) is 16.7 Å². The second-order valence-corrected chi connectivity index (χ2v) is 9.25. The minimum Gasteiger partial charge on any atom is -0.508 e. The lowest BCUT2D eigenvalue weighted by Gasteiger charge is -2.26. The van der Waals surface area contributed by atoms with Gasteiger partial charge >= 0.3 is 0 Å². The number of ether oxygens (including phenoxy) is 1. The number of benzene rings is 3. The number of aryl methyl sites for hydroxylation is 3. The number of rotatable bonds is 5. The molecule has 1 aliphatic heterocycles. The second kappa shape index (κ2) is 9.29. The van der Waals surface area contributed by atoms with E-state index in [0.29, 0.717) is 22.6 Å². The molecule has 1 saturated heterocycles. The summed E-state index contributed by atoms with van der Waals surface area (Å²) in [7, 11) is 0. The lowest BCUT2D eigenvalue weighted by molar-refractivity contribution is -0.132. The molecule has 0 aliphatic carbocycles. The zero-order valence-corrected chi connectivity index (χ0v) is 20.5. The molecule has 180 valence electrons. The van der Waals surface area contributed by atoms with Gasteiger partial charge in [-0.25, -0.2) is 0 Å². The predicted octanol–water partition coefficient (Wildman–Crippen LogP) is 5.73. The summed E-state index contributed by atoms with van der Waals surface area (Å²) < 4.78 is 5.79. The molecule has 6 heteroatoms. The first-order valence-corrected chi connectivity index (χ1v) is 11.5. The molecule has 1 amide bonds. The van der Waals surface area contributed by atoms with Gasteiger partial charge in [0.2, 0.25) is 0 Å².